The van der Waals surface area contributed by atoms with Gasteiger partial charge in [-0.25, -0.2) is 4.98 Å². The van der Waals surface area contributed by atoms with E-state index in [-0.39, 0.29) is 17.5 Å². The number of hydrogen-bond donors (Lipinski definition) is 1. The van der Waals surface area contributed by atoms with Gasteiger partial charge in [-0.3, -0.25) is 9.59 Å². The third-order valence-corrected chi connectivity index (χ3v) is 3.70. The van der Waals surface area contributed by atoms with Gasteiger partial charge in [0.25, 0.3) is 5.91 Å². The largest absolute Gasteiger partial charge is 0.481 e. The van der Waals surface area contributed by atoms with E-state index in [1.54, 1.807) is 0 Å². The summed E-state index contributed by atoms with van der Waals surface area (Å²) in [4.78, 5) is 28.9. The van der Waals surface area contributed by atoms with E-state index >= 15 is 0 Å². The Balaban J connectivity index is 2.05. The van der Waals surface area contributed by atoms with Gasteiger partial charge >= 0.3 is 5.97 Å². The normalized spacial score (nSPS) is 17.8. The number of aliphatic carboxylic acids is 1. The first-order valence-corrected chi connectivity index (χ1v) is 7.56. The molecule has 7 heteroatoms. The van der Waals surface area contributed by atoms with Crippen molar-refractivity contribution < 1.29 is 19.4 Å². The van der Waals surface area contributed by atoms with Gasteiger partial charge in [0.15, 0.2) is 0 Å². The molecule has 0 saturated carbocycles. The number of carbonyl (C=O) groups is 2. The smallest absolute Gasteiger partial charge is 0.308 e. The van der Waals surface area contributed by atoms with Crippen molar-refractivity contribution in [1.82, 2.24) is 9.88 Å². The van der Waals surface area contributed by atoms with Crippen LogP contribution in [0, 0.1) is 11.8 Å². The highest BCUT2D eigenvalue weighted by Gasteiger charge is 2.31. The molecule has 22 heavy (non-hydrogen) atoms. The van der Waals surface area contributed by atoms with Crippen LogP contribution in [-0.4, -0.2) is 46.6 Å². The van der Waals surface area contributed by atoms with Crippen LogP contribution in [0.2, 0.25) is 5.02 Å². The number of rotatable bonds is 5. The van der Waals surface area contributed by atoms with Crippen LogP contribution in [-0.2, 0) is 4.79 Å². The summed E-state index contributed by atoms with van der Waals surface area (Å²) in [5, 5.41) is 9.26. The highest BCUT2D eigenvalue weighted by Crippen LogP contribution is 2.25. The molecule has 1 aromatic heterocycles. The number of nitrogens with zero attached hydrogens (tertiary/aromatic N) is 2. The van der Waals surface area contributed by atoms with E-state index in [1.807, 2.05) is 13.8 Å². The minimum Gasteiger partial charge on any atom is -0.481 e. The van der Waals surface area contributed by atoms with Crippen molar-refractivity contribution in [3.8, 4) is 5.88 Å². The van der Waals surface area contributed by atoms with Crippen molar-refractivity contribution in [2.75, 3.05) is 19.7 Å². The fourth-order valence-electron chi connectivity index (χ4n) is 2.22. The van der Waals surface area contributed by atoms with Crippen molar-refractivity contribution in [3.05, 3.63) is 22.8 Å². The molecular formula is C15H19ClN2O4. The predicted octanol–water partition coefficient (Wildman–Crippen LogP) is 2.32. The monoisotopic (exact) mass is 326 g/mol. The molecule has 1 aliphatic heterocycles. The summed E-state index contributed by atoms with van der Waals surface area (Å²) in [5.74, 6) is -0.980. The van der Waals surface area contributed by atoms with Gasteiger partial charge < -0.3 is 14.7 Å². The van der Waals surface area contributed by atoms with Crippen LogP contribution in [0.4, 0.5) is 0 Å². The number of ether oxygens (including phenoxy) is 1. The van der Waals surface area contributed by atoms with Crippen LogP contribution in [0.25, 0.3) is 0 Å². The van der Waals surface area contributed by atoms with Crippen LogP contribution in [0.15, 0.2) is 12.3 Å². The fourth-order valence-corrected chi connectivity index (χ4v) is 2.44. The molecule has 6 nitrogen and oxygen atoms in total. The Labute approximate surface area is 134 Å². The number of aromatic nitrogens is 1. The molecule has 1 amide bonds. The van der Waals surface area contributed by atoms with Crippen LogP contribution in [0.1, 0.15) is 30.6 Å². The Morgan fingerprint density at radius 3 is 2.82 bits per heavy atom. The number of halogens is 1. The van der Waals surface area contributed by atoms with Gasteiger partial charge in [-0.05, 0) is 18.4 Å². The van der Waals surface area contributed by atoms with Gasteiger partial charge in [0.1, 0.15) is 5.02 Å². The van der Waals surface area contributed by atoms with E-state index in [9.17, 15) is 9.59 Å². The van der Waals surface area contributed by atoms with E-state index in [4.69, 9.17) is 21.4 Å². The summed E-state index contributed by atoms with van der Waals surface area (Å²) in [6.07, 6.45) is 1.88. The average Bonchev–Trinajstić information content (AvgIpc) is 2.95. The standard InChI is InChI=1S/C15H19ClN2O4/c1-9(2)8-22-13-12(16)5-11(6-17-13)14(19)18-4-3-10(7-18)15(20)21/h5-6,9-10H,3-4,7-8H2,1-2H3,(H,20,21). The molecule has 120 valence electrons. The van der Waals surface area contributed by atoms with E-state index in [2.05, 4.69) is 4.98 Å². The molecule has 1 saturated heterocycles. The molecule has 0 aliphatic carbocycles. The second kappa shape index (κ2) is 6.96. The molecule has 1 unspecified atom stereocenters. The predicted molar refractivity (Wildman–Crippen MR) is 81.2 cm³/mol. The average molecular weight is 327 g/mol. The molecule has 2 heterocycles. The number of carbonyl (C=O) groups excluding carboxylic acids is 1. The Hall–Kier alpha value is -1.82. The molecule has 0 aromatic carbocycles. The number of likely N-dealkylation sites (tertiary alicyclic amines) is 1. The number of amides is 1. The highest BCUT2D eigenvalue weighted by molar-refractivity contribution is 6.32. The van der Waals surface area contributed by atoms with Crippen LogP contribution < -0.4 is 4.74 Å². The maximum atomic E-state index is 12.3. The number of carboxylic acids is 1. The highest BCUT2D eigenvalue weighted by atomic mass is 35.5. The summed E-state index contributed by atoms with van der Waals surface area (Å²) >= 11 is 6.09. The number of pyridine rings is 1. The van der Waals surface area contributed by atoms with Gasteiger partial charge in [0, 0.05) is 19.3 Å². The zero-order chi connectivity index (χ0) is 16.3. The van der Waals surface area contributed by atoms with Crippen molar-refractivity contribution >= 4 is 23.5 Å². The number of carboxylic acid groups (broad SMARTS) is 1. The molecule has 0 radical (unpaired) electrons. The Morgan fingerprint density at radius 1 is 1.55 bits per heavy atom. The van der Waals surface area contributed by atoms with Gasteiger partial charge in [-0.2, -0.15) is 0 Å². The van der Waals surface area contributed by atoms with Gasteiger partial charge in [-0.1, -0.05) is 25.4 Å². The molecule has 1 atom stereocenters. The first-order chi connectivity index (χ1) is 10.4. The van der Waals surface area contributed by atoms with Crippen LogP contribution in [0.5, 0.6) is 5.88 Å². The molecule has 0 bridgehead atoms. The van der Waals surface area contributed by atoms with E-state index in [0.29, 0.717) is 36.9 Å². The summed E-state index contributed by atoms with van der Waals surface area (Å²) in [6, 6.07) is 1.51. The van der Waals surface area contributed by atoms with E-state index in [0.717, 1.165) is 0 Å². The second-order valence-corrected chi connectivity index (χ2v) is 6.20. The molecule has 0 spiro atoms. The minimum atomic E-state index is -0.871. The first kappa shape index (κ1) is 16.5. The molecule has 1 aromatic rings. The fraction of sp³-hybridized carbons (Fsp3) is 0.533. The summed E-state index contributed by atoms with van der Waals surface area (Å²) in [5.41, 5.74) is 0.341. The van der Waals surface area contributed by atoms with Crippen molar-refractivity contribution in [1.29, 1.82) is 0 Å². The lowest BCUT2D eigenvalue weighted by molar-refractivity contribution is -0.141. The maximum Gasteiger partial charge on any atom is 0.308 e. The van der Waals surface area contributed by atoms with Crippen molar-refractivity contribution in [2.45, 2.75) is 20.3 Å². The summed E-state index contributed by atoms with van der Waals surface area (Å²) < 4.78 is 5.46. The molecular weight excluding hydrogens is 308 g/mol. The summed E-state index contributed by atoms with van der Waals surface area (Å²) in [6.45, 7) is 5.17. The lowest BCUT2D eigenvalue weighted by Gasteiger charge is -2.16. The first-order valence-electron chi connectivity index (χ1n) is 7.19. The van der Waals surface area contributed by atoms with Gasteiger partial charge in [-0.15, -0.1) is 0 Å². The lowest BCUT2D eigenvalue weighted by Crippen LogP contribution is -2.30. The van der Waals surface area contributed by atoms with E-state index in [1.165, 1.54) is 17.2 Å². The molecule has 1 fully saturated rings. The van der Waals surface area contributed by atoms with Crippen molar-refractivity contribution in [2.24, 2.45) is 11.8 Å². The van der Waals surface area contributed by atoms with Crippen LogP contribution >= 0.6 is 11.6 Å². The van der Waals surface area contributed by atoms with Gasteiger partial charge in [0.05, 0.1) is 18.1 Å². The summed E-state index contributed by atoms with van der Waals surface area (Å²) in [7, 11) is 0. The topological polar surface area (TPSA) is 79.7 Å². The third-order valence-electron chi connectivity index (χ3n) is 3.43. The second-order valence-electron chi connectivity index (χ2n) is 5.79. The third kappa shape index (κ3) is 3.88. The zero-order valence-electron chi connectivity index (χ0n) is 12.6. The molecule has 1 N–H and O–H groups in total. The zero-order valence-corrected chi connectivity index (χ0v) is 13.3. The Kier molecular flexibility index (Phi) is 5.24. The van der Waals surface area contributed by atoms with Crippen molar-refractivity contribution in [3.63, 3.8) is 0 Å². The Bertz CT molecular complexity index is 577. The minimum absolute atomic E-state index is 0.220. The Morgan fingerprint density at radius 2 is 2.27 bits per heavy atom. The van der Waals surface area contributed by atoms with Crippen LogP contribution in [0.3, 0.4) is 0 Å². The van der Waals surface area contributed by atoms with Gasteiger partial charge in [0.2, 0.25) is 5.88 Å². The molecule has 2 rings (SSSR count). The van der Waals surface area contributed by atoms with E-state index < -0.39 is 11.9 Å². The maximum absolute atomic E-state index is 12.3. The number of hydrogen-bond acceptors (Lipinski definition) is 4. The SMILES string of the molecule is CC(C)COc1ncc(C(=O)N2CCC(C(=O)O)C2)cc1Cl. The quantitative estimate of drug-likeness (QED) is 0.898. The molecule has 1 aliphatic rings. The lowest BCUT2D eigenvalue weighted by atomic mass is 10.1.